The summed E-state index contributed by atoms with van der Waals surface area (Å²) in [5.74, 6) is 0. The first-order valence-electron chi connectivity index (χ1n) is 5.82. The fourth-order valence-electron chi connectivity index (χ4n) is 2.15. The summed E-state index contributed by atoms with van der Waals surface area (Å²) in [6, 6.07) is 2.34. The SMILES string of the molecule is CNCc1cc(CN2CCCCC2)cs1. The molecule has 1 aromatic heterocycles. The van der Waals surface area contributed by atoms with Crippen molar-refractivity contribution < 1.29 is 0 Å². The summed E-state index contributed by atoms with van der Waals surface area (Å²) in [5.41, 5.74) is 1.49. The quantitative estimate of drug-likeness (QED) is 0.845. The number of nitrogens with one attached hydrogen (secondary N) is 1. The number of likely N-dealkylation sites (tertiary alicyclic amines) is 1. The molecule has 0 aliphatic carbocycles. The maximum absolute atomic E-state index is 3.20. The minimum absolute atomic E-state index is 1.00. The molecule has 1 aromatic rings. The molecule has 1 N–H and O–H groups in total. The molecule has 3 heteroatoms. The van der Waals surface area contributed by atoms with Gasteiger partial charge >= 0.3 is 0 Å². The fourth-order valence-corrected chi connectivity index (χ4v) is 3.04. The molecule has 0 atom stereocenters. The van der Waals surface area contributed by atoms with E-state index in [9.17, 15) is 0 Å². The molecule has 1 aliphatic rings. The minimum Gasteiger partial charge on any atom is -0.315 e. The monoisotopic (exact) mass is 224 g/mol. The molecule has 0 amide bonds. The lowest BCUT2D eigenvalue weighted by molar-refractivity contribution is 0.221. The Kier molecular flexibility index (Phi) is 4.18. The van der Waals surface area contributed by atoms with Crippen molar-refractivity contribution in [1.29, 1.82) is 0 Å². The summed E-state index contributed by atoms with van der Waals surface area (Å²) in [7, 11) is 2.00. The van der Waals surface area contributed by atoms with Gasteiger partial charge in [-0.25, -0.2) is 0 Å². The van der Waals surface area contributed by atoms with Crippen molar-refractivity contribution in [3.63, 3.8) is 0 Å². The Morgan fingerprint density at radius 2 is 2.13 bits per heavy atom. The Morgan fingerprint density at radius 3 is 2.87 bits per heavy atom. The van der Waals surface area contributed by atoms with Crippen molar-refractivity contribution in [1.82, 2.24) is 10.2 Å². The molecule has 2 rings (SSSR count). The van der Waals surface area contributed by atoms with Crippen LogP contribution in [-0.2, 0) is 13.1 Å². The Balaban J connectivity index is 1.86. The number of piperidine rings is 1. The van der Waals surface area contributed by atoms with Gasteiger partial charge in [-0.2, -0.15) is 0 Å². The number of thiophene rings is 1. The Morgan fingerprint density at radius 1 is 1.33 bits per heavy atom. The van der Waals surface area contributed by atoms with Crippen LogP contribution in [0, 0.1) is 0 Å². The lowest BCUT2D eigenvalue weighted by Crippen LogP contribution is -2.28. The molecular weight excluding hydrogens is 204 g/mol. The molecule has 0 aromatic carbocycles. The van der Waals surface area contributed by atoms with E-state index in [2.05, 4.69) is 21.7 Å². The van der Waals surface area contributed by atoms with Gasteiger partial charge in [0.05, 0.1) is 0 Å². The fraction of sp³-hybridized carbons (Fsp3) is 0.667. The van der Waals surface area contributed by atoms with Crippen molar-refractivity contribution in [3.8, 4) is 0 Å². The van der Waals surface area contributed by atoms with Gasteiger partial charge in [0.2, 0.25) is 0 Å². The molecule has 0 unspecified atom stereocenters. The van der Waals surface area contributed by atoms with Crippen LogP contribution in [0.25, 0.3) is 0 Å². The first kappa shape index (κ1) is 11.1. The van der Waals surface area contributed by atoms with Gasteiger partial charge in [0, 0.05) is 18.0 Å². The van der Waals surface area contributed by atoms with Gasteiger partial charge in [0.1, 0.15) is 0 Å². The van der Waals surface area contributed by atoms with Crippen molar-refractivity contribution in [2.24, 2.45) is 0 Å². The molecule has 84 valence electrons. The van der Waals surface area contributed by atoms with Gasteiger partial charge < -0.3 is 5.32 Å². The number of nitrogens with zero attached hydrogens (tertiary/aromatic N) is 1. The highest BCUT2D eigenvalue weighted by Gasteiger charge is 2.10. The third-order valence-corrected chi connectivity index (χ3v) is 3.90. The normalized spacial score (nSPS) is 18.2. The Bertz CT molecular complexity index is 290. The van der Waals surface area contributed by atoms with Crippen LogP contribution in [0.15, 0.2) is 11.4 Å². The minimum atomic E-state index is 1.00. The average Bonchev–Trinajstić information content (AvgIpc) is 2.68. The summed E-state index contributed by atoms with van der Waals surface area (Å²) in [6.45, 7) is 4.74. The van der Waals surface area contributed by atoms with E-state index < -0.39 is 0 Å². The zero-order valence-electron chi connectivity index (χ0n) is 9.46. The largest absolute Gasteiger partial charge is 0.315 e. The topological polar surface area (TPSA) is 15.3 Å². The number of rotatable bonds is 4. The highest BCUT2D eigenvalue weighted by Crippen LogP contribution is 2.18. The number of hydrogen-bond donors (Lipinski definition) is 1. The van der Waals surface area contributed by atoms with Gasteiger partial charge in [-0.3, -0.25) is 4.90 Å². The van der Waals surface area contributed by atoms with Crippen LogP contribution < -0.4 is 5.32 Å². The average molecular weight is 224 g/mol. The summed E-state index contributed by atoms with van der Waals surface area (Å²) in [6.07, 6.45) is 4.19. The van der Waals surface area contributed by atoms with Crippen LogP contribution in [-0.4, -0.2) is 25.0 Å². The lowest BCUT2D eigenvalue weighted by atomic mass is 10.1. The highest BCUT2D eigenvalue weighted by atomic mass is 32.1. The van der Waals surface area contributed by atoms with Crippen LogP contribution in [0.5, 0.6) is 0 Å². The third kappa shape index (κ3) is 3.30. The van der Waals surface area contributed by atoms with Gasteiger partial charge in [0.15, 0.2) is 0 Å². The molecule has 1 fully saturated rings. The first-order valence-corrected chi connectivity index (χ1v) is 6.69. The Hall–Kier alpha value is -0.380. The smallest absolute Gasteiger partial charge is 0.0296 e. The number of hydrogen-bond acceptors (Lipinski definition) is 3. The van der Waals surface area contributed by atoms with Crippen LogP contribution in [0.1, 0.15) is 29.7 Å². The first-order chi connectivity index (χ1) is 7.38. The van der Waals surface area contributed by atoms with Crippen LogP contribution in [0.3, 0.4) is 0 Å². The molecule has 0 spiro atoms. The van der Waals surface area contributed by atoms with E-state index in [1.54, 1.807) is 0 Å². The van der Waals surface area contributed by atoms with Crippen molar-refractivity contribution in [3.05, 3.63) is 21.9 Å². The third-order valence-electron chi connectivity index (χ3n) is 2.91. The standard InChI is InChI=1S/C12H20N2S/c1-13-8-12-7-11(10-15-12)9-14-5-3-2-4-6-14/h7,10,13H,2-6,8-9H2,1H3. The predicted molar refractivity (Wildman–Crippen MR) is 66.2 cm³/mol. The van der Waals surface area contributed by atoms with E-state index in [0.29, 0.717) is 0 Å². The van der Waals surface area contributed by atoms with Gasteiger partial charge in [-0.15, -0.1) is 11.3 Å². The molecule has 2 heterocycles. The maximum atomic E-state index is 3.20. The van der Waals surface area contributed by atoms with E-state index in [1.165, 1.54) is 42.8 Å². The van der Waals surface area contributed by atoms with Crippen molar-refractivity contribution in [2.45, 2.75) is 32.4 Å². The highest BCUT2D eigenvalue weighted by molar-refractivity contribution is 7.10. The second-order valence-corrected chi connectivity index (χ2v) is 5.28. The summed E-state index contributed by atoms with van der Waals surface area (Å²) >= 11 is 1.87. The van der Waals surface area contributed by atoms with Crippen LogP contribution in [0.2, 0.25) is 0 Å². The summed E-state index contributed by atoms with van der Waals surface area (Å²) in [4.78, 5) is 4.03. The molecule has 1 aliphatic heterocycles. The van der Waals surface area contributed by atoms with E-state index in [4.69, 9.17) is 0 Å². The van der Waals surface area contributed by atoms with Gasteiger partial charge in [-0.1, -0.05) is 6.42 Å². The van der Waals surface area contributed by atoms with Crippen molar-refractivity contribution in [2.75, 3.05) is 20.1 Å². The molecule has 0 radical (unpaired) electrons. The predicted octanol–water partition coefficient (Wildman–Crippen LogP) is 2.45. The molecule has 0 saturated carbocycles. The molecular formula is C12H20N2S. The molecule has 0 bridgehead atoms. The van der Waals surface area contributed by atoms with E-state index in [0.717, 1.165) is 13.1 Å². The van der Waals surface area contributed by atoms with E-state index in [1.807, 2.05) is 18.4 Å². The van der Waals surface area contributed by atoms with Crippen LogP contribution >= 0.6 is 11.3 Å². The summed E-state index contributed by atoms with van der Waals surface area (Å²) < 4.78 is 0. The Labute approximate surface area is 96.3 Å². The van der Waals surface area contributed by atoms with Gasteiger partial charge in [0.25, 0.3) is 0 Å². The molecule has 2 nitrogen and oxygen atoms in total. The van der Waals surface area contributed by atoms with Crippen molar-refractivity contribution >= 4 is 11.3 Å². The second kappa shape index (κ2) is 5.64. The molecule has 15 heavy (non-hydrogen) atoms. The maximum Gasteiger partial charge on any atom is 0.0296 e. The van der Waals surface area contributed by atoms with E-state index >= 15 is 0 Å². The molecule has 1 saturated heterocycles. The zero-order valence-corrected chi connectivity index (χ0v) is 10.3. The van der Waals surface area contributed by atoms with Crippen LogP contribution in [0.4, 0.5) is 0 Å². The zero-order chi connectivity index (χ0) is 10.5. The van der Waals surface area contributed by atoms with Gasteiger partial charge in [-0.05, 0) is 50.0 Å². The summed E-state index contributed by atoms with van der Waals surface area (Å²) in [5, 5.41) is 5.50. The second-order valence-electron chi connectivity index (χ2n) is 4.29. The lowest BCUT2D eigenvalue weighted by Gasteiger charge is -2.25. The van der Waals surface area contributed by atoms with E-state index in [-0.39, 0.29) is 0 Å².